The standard InChI is InChI=1S/C16H24N2O/c1-12(14-9-10-14)18(2)16(19)15(17)11-8-13-6-4-3-5-7-13/h3-7,12,14-15H,8-11,17H2,1-2H3. The highest BCUT2D eigenvalue weighted by Crippen LogP contribution is 2.34. The minimum atomic E-state index is -0.383. The number of carbonyl (C=O) groups excluding carboxylic acids is 1. The Bertz CT molecular complexity index is 414. The van der Waals surface area contributed by atoms with E-state index in [0.717, 1.165) is 6.42 Å². The Kier molecular flexibility index (Phi) is 4.59. The van der Waals surface area contributed by atoms with Crippen molar-refractivity contribution in [3.05, 3.63) is 35.9 Å². The third-order valence-corrected chi connectivity index (χ3v) is 4.17. The molecule has 2 unspecified atom stereocenters. The maximum Gasteiger partial charge on any atom is 0.239 e. The third kappa shape index (κ3) is 3.80. The molecule has 0 heterocycles. The lowest BCUT2D eigenvalue weighted by molar-refractivity contribution is -0.133. The molecule has 2 N–H and O–H groups in total. The number of benzene rings is 1. The molecule has 19 heavy (non-hydrogen) atoms. The number of rotatable bonds is 6. The van der Waals surface area contributed by atoms with Crippen molar-refractivity contribution in [1.29, 1.82) is 0 Å². The monoisotopic (exact) mass is 260 g/mol. The molecule has 104 valence electrons. The Morgan fingerprint density at radius 1 is 1.37 bits per heavy atom. The summed E-state index contributed by atoms with van der Waals surface area (Å²) in [5.74, 6) is 0.769. The Balaban J connectivity index is 1.81. The van der Waals surface area contributed by atoms with Crippen LogP contribution in [0.5, 0.6) is 0 Å². The molecule has 1 aromatic carbocycles. The Hall–Kier alpha value is -1.35. The van der Waals surface area contributed by atoms with Gasteiger partial charge >= 0.3 is 0 Å². The van der Waals surface area contributed by atoms with Gasteiger partial charge in [-0.15, -0.1) is 0 Å². The van der Waals surface area contributed by atoms with Crippen molar-refractivity contribution >= 4 is 5.91 Å². The van der Waals surface area contributed by atoms with Crippen molar-refractivity contribution in [2.45, 2.75) is 44.7 Å². The second-order valence-electron chi connectivity index (χ2n) is 5.66. The highest BCUT2D eigenvalue weighted by molar-refractivity contribution is 5.81. The van der Waals surface area contributed by atoms with Crippen molar-refractivity contribution < 1.29 is 4.79 Å². The summed E-state index contributed by atoms with van der Waals surface area (Å²) in [6.45, 7) is 2.12. The smallest absolute Gasteiger partial charge is 0.239 e. The summed E-state index contributed by atoms with van der Waals surface area (Å²) in [4.78, 5) is 14.1. The number of hydrogen-bond acceptors (Lipinski definition) is 2. The number of carbonyl (C=O) groups is 1. The number of hydrogen-bond donors (Lipinski definition) is 1. The summed E-state index contributed by atoms with van der Waals surface area (Å²) < 4.78 is 0. The summed E-state index contributed by atoms with van der Waals surface area (Å²) in [6, 6.07) is 10.1. The van der Waals surface area contributed by atoms with E-state index in [9.17, 15) is 4.79 Å². The van der Waals surface area contributed by atoms with Gasteiger partial charge in [0, 0.05) is 13.1 Å². The van der Waals surface area contributed by atoms with Gasteiger partial charge < -0.3 is 10.6 Å². The van der Waals surface area contributed by atoms with Crippen LogP contribution in [0.3, 0.4) is 0 Å². The van der Waals surface area contributed by atoms with Gasteiger partial charge in [-0.1, -0.05) is 30.3 Å². The second kappa shape index (κ2) is 6.20. The lowest BCUT2D eigenvalue weighted by Crippen LogP contribution is -2.46. The van der Waals surface area contributed by atoms with Gasteiger partial charge in [0.15, 0.2) is 0 Å². The molecule has 2 atom stereocenters. The fourth-order valence-corrected chi connectivity index (χ4v) is 2.45. The summed E-state index contributed by atoms with van der Waals surface area (Å²) in [6.07, 6.45) is 4.07. The van der Waals surface area contributed by atoms with E-state index in [-0.39, 0.29) is 11.9 Å². The largest absolute Gasteiger partial charge is 0.341 e. The van der Waals surface area contributed by atoms with Crippen LogP contribution < -0.4 is 5.73 Å². The average Bonchev–Trinajstić information content (AvgIpc) is 3.28. The zero-order chi connectivity index (χ0) is 13.8. The van der Waals surface area contributed by atoms with Gasteiger partial charge in [0.25, 0.3) is 0 Å². The van der Waals surface area contributed by atoms with E-state index in [1.54, 1.807) is 0 Å². The highest BCUT2D eigenvalue weighted by atomic mass is 16.2. The van der Waals surface area contributed by atoms with Crippen LogP contribution in [0, 0.1) is 5.92 Å². The topological polar surface area (TPSA) is 46.3 Å². The Labute approximate surface area is 115 Å². The van der Waals surface area contributed by atoms with Crippen LogP contribution in [-0.2, 0) is 11.2 Å². The summed E-state index contributed by atoms with van der Waals surface area (Å²) >= 11 is 0. The molecule has 3 heteroatoms. The molecule has 1 fully saturated rings. The maximum absolute atomic E-state index is 12.2. The molecule has 1 aromatic rings. The summed E-state index contributed by atoms with van der Waals surface area (Å²) in [7, 11) is 1.88. The van der Waals surface area contributed by atoms with Gasteiger partial charge in [-0.25, -0.2) is 0 Å². The SMILES string of the molecule is CC(C1CC1)N(C)C(=O)C(N)CCc1ccccc1. The van der Waals surface area contributed by atoms with Crippen LogP contribution in [0.4, 0.5) is 0 Å². The zero-order valence-electron chi connectivity index (χ0n) is 11.9. The molecule has 3 nitrogen and oxygen atoms in total. The quantitative estimate of drug-likeness (QED) is 0.852. The van der Waals surface area contributed by atoms with Gasteiger partial charge in [-0.2, -0.15) is 0 Å². The molecule has 1 amide bonds. The molecule has 0 spiro atoms. The summed E-state index contributed by atoms with van der Waals surface area (Å²) in [5.41, 5.74) is 7.27. The van der Waals surface area contributed by atoms with Crippen LogP contribution >= 0.6 is 0 Å². The van der Waals surface area contributed by atoms with Crippen LogP contribution in [-0.4, -0.2) is 29.9 Å². The van der Waals surface area contributed by atoms with Crippen LogP contribution in [0.25, 0.3) is 0 Å². The van der Waals surface area contributed by atoms with E-state index in [4.69, 9.17) is 5.73 Å². The fraction of sp³-hybridized carbons (Fsp3) is 0.562. The molecule has 0 saturated heterocycles. The van der Waals surface area contributed by atoms with Crippen molar-refractivity contribution in [1.82, 2.24) is 4.90 Å². The third-order valence-electron chi connectivity index (χ3n) is 4.17. The van der Waals surface area contributed by atoms with E-state index in [0.29, 0.717) is 18.4 Å². The predicted octanol–water partition coefficient (Wildman–Crippen LogP) is 2.20. The summed E-state index contributed by atoms with van der Waals surface area (Å²) in [5, 5.41) is 0. The van der Waals surface area contributed by atoms with Gasteiger partial charge in [0.1, 0.15) is 0 Å². The molecule has 0 bridgehead atoms. The minimum absolute atomic E-state index is 0.0790. The minimum Gasteiger partial charge on any atom is -0.341 e. The van der Waals surface area contributed by atoms with Crippen molar-refractivity contribution in [3.8, 4) is 0 Å². The molecule has 1 saturated carbocycles. The predicted molar refractivity (Wildman–Crippen MR) is 77.7 cm³/mol. The van der Waals surface area contributed by atoms with Gasteiger partial charge in [-0.3, -0.25) is 4.79 Å². The van der Waals surface area contributed by atoms with Crippen LogP contribution in [0.2, 0.25) is 0 Å². The van der Waals surface area contributed by atoms with Crippen LogP contribution in [0.15, 0.2) is 30.3 Å². The lowest BCUT2D eigenvalue weighted by Gasteiger charge is -2.27. The lowest BCUT2D eigenvalue weighted by atomic mass is 10.0. The van der Waals surface area contributed by atoms with Gasteiger partial charge in [0.05, 0.1) is 6.04 Å². The second-order valence-corrected chi connectivity index (χ2v) is 5.66. The van der Waals surface area contributed by atoms with Crippen LogP contribution in [0.1, 0.15) is 31.7 Å². The van der Waals surface area contributed by atoms with Crippen molar-refractivity contribution in [3.63, 3.8) is 0 Å². The first-order valence-electron chi connectivity index (χ1n) is 7.15. The maximum atomic E-state index is 12.2. The van der Waals surface area contributed by atoms with E-state index < -0.39 is 0 Å². The number of likely N-dealkylation sites (N-methyl/N-ethyl adjacent to an activating group) is 1. The molecule has 0 aromatic heterocycles. The normalized spacial score (nSPS) is 17.8. The number of aryl methyl sites for hydroxylation is 1. The van der Waals surface area contributed by atoms with E-state index in [1.807, 2.05) is 30.1 Å². The first kappa shape index (κ1) is 14.1. The fourth-order valence-electron chi connectivity index (χ4n) is 2.45. The molecular formula is C16H24N2O. The van der Waals surface area contributed by atoms with Crippen molar-refractivity contribution in [2.24, 2.45) is 11.7 Å². The molecule has 0 aliphatic heterocycles. The van der Waals surface area contributed by atoms with E-state index >= 15 is 0 Å². The highest BCUT2D eigenvalue weighted by Gasteiger charge is 2.33. The van der Waals surface area contributed by atoms with E-state index in [2.05, 4.69) is 19.1 Å². The first-order chi connectivity index (χ1) is 9.09. The molecular weight excluding hydrogens is 236 g/mol. The van der Waals surface area contributed by atoms with E-state index in [1.165, 1.54) is 18.4 Å². The average molecular weight is 260 g/mol. The molecule has 1 aliphatic carbocycles. The molecule has 0 radical (unpaired) electrons. The number of nitrogens with zero attached hydrogens (tertiary/aromatic N) is 1. The molecule has 2 rings (SSSR count). The Morgan fingerprint density at radius 2 is 2.00 bits per heavy atom. The molecule has 1 aliphatic rings. The van der Waals surface area contributed by atoms with Gasteiger partial charge in [-0.05, 0) is 44.1 Å². The Morgan fingerprint density at radius 3 is 2.58 bits per heavy atom. The number of amides is 1. The first-order valence-corrected chi connectivity index (χ1v) is 7.15. The van der Waals surface area contributed by atoms with Gasteiger partial charge in [0.2, 0.25) is 5.91 Å². The zero-order valence-corrected chi connectivity index (χ0v) is 11.9. The number of nitrogens with two attached hydrogens (primary N) is 1. The van der Waals surface area contributed by atoms with Crippen molar-refractivity contribution in [2.75, 3.05) is 7.05 Å².